The molecule has 2 saturated heterocycles. The number of carbonyl (C=O) groups is 3. The molecule has 14 nitrogen and oxygen atoms in total. The van der Waals surface area contributed by atoms with E-state index in [1.807, 2.05) is 141 Å². The summed E-state index contributed by atoms with van der Waals surface area (Å²) in [6.07, 6.45) is -10.1. The van der Waals surface area contributed by atoms with E-state index in [0.29, 0.717) is 0 Å². The molecular weight excluding hydrogens is 841 g/mol. The standard InChI is InChI=1S/C49H60O14Si/c1-33(50)53-31-41-43(59-34(2)51)45(60-35(3)52)47(63-64(4,5)6)49(62-41)58-32-40-42(54-27-36-19-11-7-12-20-36)44(55-28-37-21-13-8-14-22-37)46(56-29-38-23-15-9-16-24-38)48(61-40)57-30-39-25-17-10-18-26-39/h7-26,40-49H,27-32H2,1-6H3/t40-,41-,42-,43-,44+,45+,46-,47+,48-,49+/m1/s1. The van der Waals surface area contributed by atoms with E-state index in [1.54, 1.807) is 0 Å². The Morgan fingerprint density at radius 2 is 0.828 bits per heavy atom. The topological polar surface area (TPSA) is 153 Å². The van der Waals surface area contributed by atoms with Crippen molar-refractivity contribution in [1.29, 1.82) is 0 Å². The monoisotopic (exact) mass is 900 g/mol. The fourth-order valence-electron chi connectivity index (χ4n) is 7.50. The molecule has 0 amide bonds. The van der Waals surface area contributed by atoms with Crippen LogP contribution in [0.15, 0.2) is 121 Å². The third-order valence-corrected chi connectivity index (χ3v) is 11.2. The normalized spacial score (nSPS) is 25.8. The molecule has 0 radical (unpaired) electrons. The van der Waals surface area contributed by atoms with Gasteiger partial charge in [-0.1, -0.05) is 121 Å². The average Bonchev–Trinajstić information content (AvgIpc) is 3.27. The Morgan fingerprint density at radius 1 is 0.438 bits per heavy atom. The lowest BCUT2D eigenvalue weighted by Gasteiger charge is -2.48. The van der Waals surface area contributed by atoms with E-state index in [2.05, 4.69) is 0 Å². The molecule has 2 fully saturated rings. The molecule has 0 spiro atoms. The summed E-state index contributed by atoms with van der Waals surface area (Å²) >= 11 is 0. The highest BCUT2D eigenvalue weighted by molar-refractivity contribution is 6.69. The highest BCUT2D eigenvalue weighted by Crippen LogP contribution is 2.35. The van der Waals surface area contributed by atoms with Crippen molar-refractivity contribution in [1.82, 2.24) is 0 Å². The lowest BCUT2D eigenvalue weighted by atomic mass is 9.97. The van der Waals surface area contributed by atoms with Crippen molar-refractivity contribution >= 4 is 26.2 Å². The molecule has 4 aromatic rings. The SMILES string of the molecule is CC(=O)OC[C@H]1O[C@H](OC[C@H]2O[C@@H](OCc3ccccc3)[C@H](OCc3ccccc3)[C@@H](OCc3ccccc3)[C@@H]2OCc2ccccc2)[C@@H](O[Si](C)(C)C)[C@@H](OC(C)=O)[C@@H]1OC(C)=O. The Morgan fingerprint density at radius 3 is 1.27 bits per heavy atom. The number of rotatable bonds is 21. The molecule has 0 bridgehead atoms. The molecule has 0 N–H and O–H groups in total. The molecule has 0 aromatic heterocycles. The van der Waals surface area contributed by atoms with E-state index in [4.69, 9.17) is 51.8 Å². The summed E-state index contributed by atoms with van der Waals surface area (Å²) in [6, 6.07) is 39.1. The predicted octanol–water partition coefficient (Wildman–Crippen LogP) is 7.07. The highest BCUT2D eigenvalue weighted by Gasteiger charge is 2.54. The van der Waals surface area contributed by atoms with E-state index < -0.39 is 87.6 Å². The third-order valence-electron chi connectivity index (χ3n) is 10.3. The fraction of sp³-hybridized carbons (Fsp3) is 0.449. The largest absolute Gasteiger partial charge is 0.463 e. The molecule has 344 valence electrons. The Balaban J connectivity index is 1.38. The zero-order valence-electron chi connectivity index (χ0n) is 37.3. The van der Waals surface area contributed by atoms with Crippen LogP contribution in [0, 0.1) is 0 Å². The minimum absolute atomic E-state index is 0.178. The number of benzene rings is 4. The summed E-state index contributed by atoms with van der Waals surface area (Å²) in [6.45, 7) is 9.92. The van der Waals surface area contributed by atoms with E-state index in [1.165, 1.54) is 20.8 Å². The predicted molar refractivity (Wildman–Crippen MR) is 236 cm³/mol. The maximum Gasteiger partial charge on any atom is 0.303 e. The molecule has 4 aromatic carbocycles. The van der Waals surface area contributed by atoms with Crippen LogP contribution in [0.1, 0.15) is 43.0 Å². The van der Waals surface area contributed by atoms with Gasteiger partial charge in [-0.3, -0.25) is 14.4 Å². The number of hydrogen-bond acceptors (Lipinski definition) is 14. The smallest absolute Gasteiger partial charge is 0.303 e. The van der Waals surface area contributed by atoms with Gasteiger partial charge in [0.2, 0.25) is 0 Å². The molecular formula is C49H60O14Si. The van der Waals surface area contributed by atoms with Crippen molar-refractivity contribution in [3.63, 3.8) is 0 Å². The van der Waals surface area contributed by atoms with Gasteiger partial charge in [0.1, 0.15) is 43.2 Å². The van der Waals surface area contributed by atoms with Gasteiger partial charge in [0.25, 0.3) is 0 Å². The van der Waals surface area contributed by atoms with Crippen LogP contribution in [-0.2, 0) is 92.6 Å². The van der Waals surface area contributed by atoms with Crippen LogP contribution >= 0.6 is 0 Å². The van der Waals surface area contributed by atoms with Gasteiger partial charge in [-0.15, -0.1) is 0 Å². The molecule has 6 rings (SSSR count). The van der Waals surface area contributed by atoms with Crippen LogP contribution in [0.25, 0.3) is 0 Å². The molecule has 2 aliphatic heterocycles. The van der Waals surface area contributed by atoms with E-state index >= 15 is 0 Å². The van der Waals surface area contributed by atoms with Crippen molar-refractivity contribution in [3.8, 4) is 0 Å². The highest BCUT2D eigenvalue weighted by atomic mass is 28.4. The van der Waals surface area contributed by atoms with Crippen molar-refractivity contribution in [2.45, 2.75) is 128 Å². The lowest BCUT2D eigenvalue weighted by Crippen LogP contribution is -2.65. The van der Waals surface area contributed by atoms with Crippen LogP contribution in [0.5, 0.6) is 0 Å². The number of ether oxygens (including phenoxy) is 10. The van der Waals surface area contributed by atoms with Gasteiger partial charge in [-0.2, -0.15) is 0 Å². The van der Waals surface area contributed by atoms with Gasteiger partial charge in [-0.05, 0) is 41.9 Å². The quantitative estimate of drug-likeness (QED) is 0.0476. The first kappa shape index (κ1) is 48.6. The first-order valence-corrected chi connectivity index (χ1v) is 24.9. The lowest BCUT2D eigenvalue weighted by molar-refractivity contribution is -0.345. The van der Waals surface area contributed by atoms with Gasteiger partial charge in [-0.25, -0.2) is 0 Å². The number of hydrogen-bond donors (Lipinski definition) is 0. The van der Waals surface area contributed by atoms with E-state index in [-0.39, 0.29) is 39.6 Å². The van der Waals surface area contributed by atoms with Crippen LogP contribution < -0.4 is 0 Å². The minimum atomic E-state index is -2.48. The van der Waals surface area contributed by atoms with Crippen LogP contribution in [0.2, 0.25) is 19.6 Å². The van der Waals surface area contributed by atoms with Crippen molar-refractivity contribution < 1.29 is 66.2 Å². The van der Waals surface area contributed by atoms with Crippen LogP contribution in [0.3, 0.4) is 0 Å². The van der Waals surface area contributed by atoms with E-state index in [0.717, 1.165) is 22.3 Å². The number of esters is 3. The second kappa shape index (κ2) is 23.9. The molecule has 64 heavy (non-hydrogen) atoms. The molecule has 2 aliphatic rings. The Kier molecular flexibility index (Phi) is 18.2. The van der Waals surface area contributed by atoms with Crippen LogP contribution in [-0.4, -0.2) is 101 Å². The van der Waals surface area contributed by atoms with Gasteiger partial charge in [0.05, 0.1) is 33.0 Å². The van der Waals surface area contributed by atoms with Gasteiger partial charge in [0, 0.05) is 20.8 Å². The summed E-state index contributed by atoms with van der Waals surface area (Å²) in [7, 11) is -2.48. The second-order valence-electron chi connectivity index (χ2n) is 16.6. The summed E-state index contributed by atoms with van der Waals surface area (Å²) in [5, 5.41) is 0. The van der Waals surface area contributed by atoms with E-state index in [9.17, 15) is 14.4 Å². The van der Waals surface area contributed by atoms with Crippen LogP contribution in [0.4, 0.5) is 0 Å². The summed E-state index contributed by atoms with van der Waals surface area (Å²) < 4.78 is 70.7. The zero-order chi connectivity index (χ0) is 45.5. The Bertz CT molecular complexity index is 2020. The average molecular weight is 901 g/mol. The summed E-state index contributed by atoms with van der Waals surface area (Å²) in [4.78, 5) is 37.2. The maximum absolute atomic E-state index is 12.7. The molecule has 0 saturated carbocycles. The van der Waals surface area contributed by atoms with Crippen molar-refractivity contribution in [2.75, 3.05) is 13.2 Å². The van der Waals surface area contributed by atoms with Crippen molar-refractivity contribution in [2.24, 2.45) is 0 Å². The first-order valence-electron chi connectivity index (χ1n) is 21.5. The second-order valence-corrected chi connectivity index (χ2v) is 21.1. The first-order chi connectivity index (χ1) is 30.8. The van der Waals surface area contributed by atoms with Gasteiger partial charge < -0.3 is 51.8 Å². The van der Waals surface area contributed by atoms with Crippen molar-refractivity contribution in [3.05, 3.63) is 144 Å². The summed E-state index contributed by atoms with van der Waals surface area (Å²) in [5.41, 5.74) is 3.72. The Labute approximate surface area is 376 Å². The number of carbonyl (C=O) groups excluding carboxylic acids is 3. The zero-order valence-corrected chi connectivity index (χ0v) is 38.3. The maximum atomic E-state index is 12.7. The fourth-order valence-corrected chi connectivity index (χ4v) is 8.56. The molecule has 10 atom stereocenters. The molecule has 0 unspecified atom stereocenters. The molecule has 0 aliphatic carbocycles. The molecule has 15 heteroatoms. The van der Waals surface area contributed by atoms with Gasteiger partial charge >= 0.3 is 17.9 Å². The summed E-state index contributed by atoms with van der Waals surface area (Å²) in [5.74, 6) is -1.90. The van der Waals surface area contributed by atoms with Gasteiger partial charge in [0.15, 0.2) is 33.1 Å². The third kappa shape index (κ3) is 14.9. The molecule has 2 heterocycles. The minimum Gasteiger partial charge on any atom is -0.463 e. The Hall–Kier alpha value is -4.81.